The van der Waals surface area contributed by atoms with Crippen molar-refractivity contribution >= 4 is 12.2 Å². The van der Waals surface area contributed by atoms with E-state index in [9.17, 15) is 0 Å². The van der Waals surface area contributed by atoms with Gasteiger partial charge in [-0.05, 0) is 19.8 Å². The van der Waals surface area contributed by atoms with Gasteiger partial charge in [-0.2, -0.15) is 0 Å². The molecule has 1 aromatic rings. The Hall–Kier alpha value is -0.610. The molecule has 2 rings (SSSR count). The molecule has 1 N–H and O–H groups in total. The van der Waals surface area contributed by atoms with Crippen LogP contribution < -0.4 is 0 Å². The first-order chi connectivity index (χ1) is 7.18. The number of aromatic nitrogens is 2. The number of aromatic amines is 1. The Balaban J connectivity index is 0.000000531. The molecular weight excluding hydrogens is 208 g/mol. The summed E-state index contributed by atoms with van der Waals surface area (Å²) in [5.41, 5.74) is 2.25. The summed E-state index contributed by atoms with van der Waals surface area (Å²) < 4.78 is 8.32. The molecular formula is C11H20N2OS. The monoisotopic (exact) mass is 228 g/mol. The number of nitrogens with one attached hydrogen (secondary N) is 1. The van der Waals surface area contributed by atoms with E-state index in [1.807, 2.05) is 32.5 Å². The van der Waals surface area contributed by atoms with Gasteiger partial charge < -0.3 is 4.74 Å². The number of H-pyrrole nitrogens is 1. The van der Waals surface area contributed by atoms with Crippen LogP contribution in [0.15, 0.2) is 0 Å². The molecule has 1 heterocycles. The maximum absolute atomic E-state index is 5.60. The highest BCUT2D eigenvalue weighted by Crippen LogP contribution is 2.25. The molecule has 0 spiro atoms. The number of nitrogens with zero attached hydrogens (tertiary/aromatic N) is 1. The third kappa shape index (κ3) is 3.18. The molecule has 0 aliphatic heterocycles. The molecule has 0 aromatic carbocycles. The third-order valence-corrected chi connectivity index (χ3v) is 2.95. The summed E-state index contributed by atoms with van der Waals surface area (Å²) in [6, 6.07) is 0. The number of hydrogen-bond donors (Lipinski definition) is 1. The molecule has 15 heavy (non-hydrogen) atoms. The van der Waals surface area contributed by atoms with Crippen LogP contribution in [-0.4, -0.2) is 15.9 Å². The summed E-state index contributed by atoms with van der Waals surface area (Å²) in [6.07, 6.45) is 2.93. The summed E-state index contributed by atoms with van der Waals surface area (Å²) in [5, 5.41) is 3.18. The summed E-state index contributed by atoms with van der Waals surface area (Å²) in [6.45, 7) is 6.70. The maximum Gasteiger partial charge on any atom is 0.124 e. The average molecular weight is 228 g/mol. The molecule has 86 valence electrons. The minimum atomic E-state index is 0.501. The number of rotatable bonds is 3. The van der Waals surface area contributed by atoms with Gasteiger partial charge in [0.1, 0.15) is 4.64 Å². The van der Waals surface area contributed by atoms with Crippen LogP contribution in [-0.2, 0) is 18.4 Å². The second-order valence-electron chi connectivity index (χ2n) is 3.59. The molecule has 0 saturated heterocycles. The van der Waals surface area contributed by atoms with Gasteiger partial charge in [-0.3, -0.25) is 9.78 Å². The lowest BCUT2D eigenvalue weighted by molar-refractivity contribution is 0.103. The molecule has 1 fully saturated rings. The summed E-state index contributed by atoms with van der Waals surface area (Å²) in [5.74, 6) is 0. The van der Waals surface area contributed by atoms with E-state index < -0.39 is 0 Å². The Morgan fingerprint density at radius 3 is 2.47 bits per heavy atom. The molecule has 1 aliphatic carbocycles. The van der Waals surface area contributed by atoms with E-state index in [0.29, 0.717) is 12.7 Å². The average Bonchev–Trinajstić information content (AvgIpc) is 3.04. The van der Waals surface area contributed by atoms with E-state index in [1.54, 1.807) is 0 Å². The van der Waals surface area contributed by atoms with Gasteiger partial charge >= 0.3 is 0 Å². The van der Waals surface area contributed by atoms with Gasteiger partial charge in [0.2, 0.25) is 0 Å². The van der Waals surface area contributed by atoms with Crippen molar-refractivity contribution in [3.8, 4) is 0 Å². The lowest BCUT2D eigenvalue weighted by atomic mass is 10.3. The molecule has 3 nitrogen and oxygen atoms in total. The summed E-state index contributed by atoms with van der Waals surface area (Å²) >= 11 is 5.19. The first kappa shape index (κ1) is 12.5. The molecule has 0 atom stereocenters. The highest BCUT2D eigenvalue weighted by Gasteiger charge is 2.22. The van der Waals surface area contributed by atoms with Gasteiger partial charge in [-0.1, -0.05) is 26.1 Å². The van der Waals surface area contributed by atoms with Crippen molar-refractivity contribution in [1.29, 1.82) is 0 Å². The zero-order valence-corrected chi connectivity index (χ0v) is 10.8. The minimum Gasteiger partial charge on any atom is -0.372 e. The Labute approximate surface area is 96.4 Å². The highest BCUT2D eigenvalue weighted by atomic mass is 32.1. The molecule has 1 saturated carbocycles. The van der Waals surface area contributed by atoms with Gasteiger partial charge in [-0.15, -0.1) is 0 Å². The predicted octanol–water partition coefficient (Wildman–Crippen LogP) is 3.10. The first-order valence-electron chi connectivity index (χ1n) is 5.54. The molecule has 0 amide bonds. The van der Waals surface area contributed by atoms with E-state index in [1.165, 1.54) is 12.8 Å². The van der Waals surface area contributed by atoms with Gasteiger partial charge in [-0.25, -0.2) is 0 Å². The second kappa shape index (κ2) is 5.47. The van der Waals surface area contributed by atoms with Crippen LogP contribution in [0.4, 0.5) is 0 Å². The van der Waals surface area contributed by atoms with Crippen molar-refractivity contribution in [1.82, 2.24) is 9.78 Å². The Bertz CT molecular complexity index is 363. The van der Waals surface area contributed by atoms with Crippen molar-refractivity contribution in [3.63, 3.8) is 0 Å². The molecule has 1 aromatic heterocycles. The topological polar surface area (TPSA) is 29.9 Å². The van der Waals surface area contributed by atoms with Crippen LogP contribution in [0.25, 0.3) is 0 Å². The molecule has 0 unspecified atom stereocenters. The van der Waals surface area contributed by atoms with Crippen LogP contribution in [0.5, 0.6) is 0 Å². The van der Waals surface area contributed by atoms with Crippen LogP contribution in [0, 0.1) is 11.6 Å². The largest absolute Gasteiger partial charge is 0.372 e. The van der Waals surface area contributed by atoms with Gasteiger partial charge in [0.05, 0.1) is 18.4 Å². The fraction of sp³-hybridized carbons (Fsp3) is 0.727. The molecule has 1 aliphatic rings. The smallest absolute Gasteiger partial charge is 0.124 e. The predicted molar refractivity (Wildman–Crippen MR) is 64.5 cm³/mol. The molecule has 0 bridgehead atoms. The highest BCUT2D eigenvalue weighted by molar-refractivity contribution is 7.71. The summed E-state index contributed by atoms with van der Waals surface area (Å²) in [7, 11) is 1.93. The van der Waals surface area contributed by atoms with E-state index in [-0.39, 0.29) is 0 Å². The quantitative estimate of drug-likeness (QED) is 0.806. The van der Waals surface area contributed by atoms with Crippen molar-refractivity contribution in [3.05, 3.63) is 15.9 Å². The number of aryl methyl sites for hydroxylation is 1. The fourth-order valence-electron chi connectivity index (χ4n) is 1.29. The molecule has 0 radical (unpaired) electrons. The Kier molecular flexibility index (Phi) is 4.54. The zero-order chi connectivity index (χ0) is 11.4. The van der Waals surface area contributed by atoms with Crippen molar-refractivity contribution in [2.24, 2.45) is 7.05 Å². The fourth-order valence-corrected chi connectivity index (χ4v) is 1.46. The summed E-state index contributed by atoms with van der Waals surface area (Å²) in [4.78, 5) is 0. The second-order valence-corrected chi connectivity index (χ2v) is 3.98. The van der Waals surface area contributed by atoms with Gasteiger partial charge in [0.15, 0.2) is 0 Å². The van der Waals surface area contributed by atoms with E-state index in [2.05, 4.69) is 5.10 Å². The van der Waals surface area contributed by atoms with Crippen molar-refractivity contribution in [2.45, 2.75) is 46.3 Å². The van der Waals surface area contributed by atoms with E-state index in [0.717, 1.165) is 15.9 Å². The first-order valence-corrected chi connectivity index (χ1v) is 5.95. The Morgan fingerprint density at radius 2 is 2.07 bits per heavy atom. The van der Waals surface area contributed by atoms with Crippen LogP contribution >= 0.6 is 12.2 Å². The number of ether oxygens (including phenoxy) is 1. The zero-order valence-electron chi connectivity index (χ0n) is 9.96. The minimum absolute atomic E-state index is 0.501. The maximum atomic E-state index is 5.60. The lowest BCUT2D eigenvalue weighted by Crippen LogP contribution is -1.97. The van der Waals surface area contributed by atoms with Crippen LogP contribution in [0.2, 0.25) is 0 Å². The SMILES string of the molecule is CC.Cc1c(COC2CC2)[nH]n(C)c1=S. The third-order valence-electron chi connectivity index (χ3n) is 2.37. The standard InChI is InChI=1S/C9H14N2OS.C2H6/c1-6-8(5-12-7-3-4-7)10-11(2)9(6)13;1-2/h7,10H,3-5H2,1-2H3;1-2H3. The van der Waals surface area contributed by atoms with Gasteiger partial charge in [0, 0.05) is 12.6 Å². The van der Waals surface area contributed by atoms with E-state index >= 15 is 0 Å². The van der Waals surface area contributed by atoms with Crippen molar-refractivity contribution in [2.75, 3.05) is 0 Å². The lowest BCUT2D eigenvalue weighted by Gasteiger charge is -1.99. The number of hydrogen-bond acceptors (Lipinski definition) is 2. The van der Waals surface area contributed by atoms with Crippen LogP contribution in [0.3, 0.4) is 0 Å². The van der Waals surface area contributed by atoms with Gasteiger partial charge in [0.25, 0.3) is 0 Å². The van der Waals surface area contributed by atoms with Crippen LogP contribution in [0.1, 0.15) is 37.9 Å². The van der Waals surface area contributed by atoms with Crippen molar-refractivity contribution < 1.29 is 4.74 Å². The normalized spacial score (nSPS) is 14.7. The van der Waals surface area contributed by atoms with E-state index in [4.69, 9.17) is 17.0 Å². The Morgan fingerprint density at radius 1 is 1.47 bits per heavy atom. The molecule has 4 heteroatoms.